The van der Waals surface area contributed by atoms with E-state index in [0.29, 0.717) is 37.3 Å². The maximum Gasteiger partial charge on any atom is 0.387 e. The minimum atomic E-state index is -2.87. The second kappa shape index (κ2) is 8.66. The first-order valence-electron chi connectivity index (χ1n) is 8.67. The standard InChI is InChI=1S/C19H20F2N2O4/c20-19(21)27-15-5-3-13(4-6-15)12-17(24)22-14-7-9-23(10-8-14)18(25)16-2-1-11-26-16/h1-6,11,14,19H,7-10,12H2,(H,22,24). The molecule has 1 aromatic heterocycles. The van der Waals surface area contributed by atoms with Crippen LogP contribution in [0.3, 0.4) is 0 Å². The third-order valence-electron chi connectivity index (χ3n) is 4.39. The van der Waals surface area contributed by atoms with Gasteiger partial charge < -0.3 is 19.4 Å². The summed E-state index contributed by atoms with van der Waals surface area (Å²) in [5.41, 5.74) is 0.708. The van der Waals surface area contributed by atoms with Gasteiger partial charge in [-0.15, -0.1) is 0 Å². The zero-order valence-electron chi connectivity index (χ0n) is 14.6. The Balaban J connectivity index is 1.43. The Bertz CT molecular complexity index is 755. The van der Waals surface area contributed by atoms with Crippen LogP contribution in [0.15, 0.2) is 47.1 Å². The van der Waals surface area contributed by atoms with Crippen molar-refractivity contribution in [2.75, 3.05) is 13.1 Å². The highest BCUT2D eigenvalue weighted by molar-refractivity contribution is 5.91. The third-order valence-corrected chi connectivity index (χ3v) is 4.39. The van der Waals surface area contributed by atoms with E-state index in [1.807, 2.05) is 0 Å². The van der Waals surface area contributed by atoms with Gasteiger partial charge in [-0.05, 0) is 42.7 Å². The fraction of sp³-hybridized carbons (Fsp3) is 0.368. The van der Waals surface area contributed by atoms with Crippen molar-refractivity contribution in [3.63, 3.8) is 0 Å². The molecule has 27 heavy (non-hydrogen) atoms. The number of hydrogen-bond donors (Lipinski definition) is 1. The number of furan rings is 1. The Morgan fingerprint density at radius 3 is 2.48 bits per heavy atom. The predicted octanol–water partition coefficient (Wildman–Crippen LogP) is 2.84. The van der Waals surface area contributed by atoms with Crippen LogP contribution in [-0.4, -0.2) is 42.5 Å². The molecule has 2 aromatic rings. The molecule has 0 atom stereocenters. The molecular weight excluding hydrogens is 358 g/mol. The van der Waals surface area contributed by atoms with Gasteiger partial charge in [-0.25, -0.2) is 0 Å². The van der Waals surface area contributed by atoms with E-state index in [2.05, 4.69) is 10.1 Å². The minimum Gasteiger partial charge on any atom is -0.459 e. The second-order valence-electron chi connectivity index (χ2n) is 6.31. The molecule has 1 aliphatic heterocycles. The summed E-state index contributed by atoms with van der Waals surface area (Å²) in [5.74, 6) is 0.0868. The van der Waals surface area contributed by atoms with E-state index >= 15 is 0 Å². The van der Waals surface area contributed by atoms with Gasteiger partial charge in [0.05, 0.1) is 12.7 Å². The molecule has 0 aliphatic carbocycles. The van der Waals surface area contributed by atoms with Crippen molar-refractivity contribution in [1.29, 1.82) is 0 Å². The van der Waals surface area contributed by atoms with Crippen molar-refractivity contribution in [2.45, 2.75) is 31.9 Å². The summed E-state index contributed by atoms with van der Waals surface area (Å²) in [6.07, 6.45) is 2.95. The van der Waals surface area contributed by atoms with Gasteiger partial charge in [-0.2, -0.15) is 8.78 Å². The largest absolute Gasteiger partial charge is 0.459 e. The number of likely N-dealkylation sites (tertiary alicyclic amines) is 1. The molecule has 3 rings (SSSR count). The molecule has 2 amide bonds. The van der Waals surface area contributed by atoms with Gasteiger partial charge in [0.1, 0.15) is 5.75 Å². The molecule has 1 N–H and O–H groups in total. The van der Waals surface area contributed by atoms with Gasteiger partial charge in [0.15, 0.2) is 5.76 Å². The summed E-state index contributed by atoms with van der Waals surface area (Å²) >= 11 is 0. The first kappa shape index (κ1) is 18.9. The van der Waals surface area contributed by atoms with E-state index in [1.165, 1.54) is 18.4 Å². The van der Waals surface area contributed by atoms with Gasteiger partial charge in [-0.1, -0.05) is 12.1 Å². The van der Waals surface area contributed by atoms with Gasteiger partial charge >= 0.3 is 6.61 Å². The van der Waals surface area contributed by atoms with Crippen molar-refractivity contribution in [3.8, 4) is 5.75 Å². The molecule has 0 bridgehead atoms. The molecule has 0 radical (unpaired) electrons. The summed E-state index contributed by atoms with van der Waals surface area (Å²) in [7, 11) is 0. The average Bonchev–Trinajstić information content (AvgIpc) is 3.18. The molecule has 0 unspecified atom stereocenters. The van der Waals surface area contributed by atoms with Crippen LogP contribution in [-0.2, 0) is 11.2 Å². The van der Waals surface area contributed by atoms with Crippen LogP contribution in [0, 0.1) is 0 Å². The number of rotatable bonds is 6. The molecule has 0 saturated carbocycles. The lowest BCUT2D eigenvalue weighted by Gasteiger charge is -2.31. The number of alkyl halides is 2. The maximum absolute atomic E-state index is 12.2. The van der Waals surface area contributed by atoms with Crippen molar-refractivity contribution in [2.24, 2.45) is 0 Å². The number of piperidine rings is 1. The Hall–Kier alpha value is -2.90. The molecule has 144 valence electrons. The SMILES string of the molecule is O=C(Cc1ccc(OC(F)F)cc1)NC1CCN(C(=O)c2ccco2)CC1. The molecule has 1 aromatic carbocycles. The predicted molar refractivity (Wildman–Crippen MR) is 92.6 cm³/mol. The molecule has 1 aliphatic rings. The molecular formula is C19H20F2N2O4. The quantitative estimate of drug-likeness (QED) is 0.839. The number of amides is 2. The number of benzene rings is 1. The third kappa shape index (κ3) is 5.29. The first-order valence-corrected chi connectivity index (χ1v) is 8.67. The lowest BCUT2D eigenvalue weighted by atomic mass is 10.0. The Labute approximate surface area is 155 Å². The number of ether oxygens (including phenoxy) is 1. The normalized spacial score (nSPS) is 15.0. The number of carbonyl (C=O) groups is 2. The molecule has 0 spiro atoms. The summed E-state index contributed by atoms with van der Waals surface area (Å²) in [4.78, 5) is 26.1. The molecule has 6 nitrogen and oxygen atoms in total. The summed E-state index contributed by atoms with van der Waals surface area (Å²) in [5, 5.41) is 2.96. The van der Waals surface area contributed by atoms with Crippen molar-refractivity contribution in [1.82, 2.24) is 10.2 Å². The van der Waals surface area contributed by atoms with Crippen molar-refractivity contribution < 1.29 is 27.5 Å². The van der Waals surface area contributed by atoms with Gasteiger partial charge in [0.25, 0.3) is 5.91 Å². The Kier molecular flexibility index (Phi) is 6.05. The molecule has 2 heterocycles. The topological polar surface area (TPSA) is 71.8 Å². The van der Waals surface area contributed by atoms with Crippen LogP contribution < -0.4 is 10.1 Å². The number of halogens is 2. The molecule has 1 fully saturated rings. The van der Waals surface area contributed by atoms with E-state index in [9.17, 15) is 18.4 Å². The van der Waals surface area contributed by atoms with E-state index in [4.69, 9.17) is 4.42 Å². The number of hydrogen-bond acceptors (Lipinski definition) is 4. The zero-order chi connectivity index (χ0) is 19.2. The second-order valence-corrected chi connectivity index (χ2v) is 6.31. The minimum absolute atomic E-state index is 0.000379. The number of nitrogens with zero attached hydrogens (tertiary/aromatic N) is 1. The number of nitrogens with one attached hydrogen (secondary N) is 1. The smallest absolute Gasteiger partial charge is 0.387 e. The summed E-state index contributed by atoms with van der Waals surface area (Å²) in [6.45, 7) is -1.78. The van der Waals surface area contributed by atoms with Crippen molar-refractivity contribution >= 4 is 11.8 Å². The summed E-state index contributed by atoms with van der Waals surface area (Å²) in [6, 6.07) is 9.30. The van der Waals surface area contributed by atoms with E-state index < -0.39 is 6.61 Å². The highest BCUT2D eigenvalue weighted by Crippen LogP contribution is 2.17. The average molecular weight is 378 g/mol. The molecule has 1 saturated heterocycles. The van der Waals surface area contributed by atoms with E-state index in [0.717, 1.165) is 0 Å². The maximum atomic E-state index is 12.2. The Morgan fingerprint density at radius 2 is 1.89 bits per heavy atom. The van der Waals surface area contributed by atoms with Crippen LogP contribution in [0.2, 0.25) is 0 Å². The van der Waals surface area contributed by atoms with Crippen molar-refractivity contribution in [3.05, 3.63) is 54.0 Å². The highest BCUT2D eigenvalue weighted by atomic mass is 19.3. The van der Waals surface area contributed by atoms with Gasteiger partial charge in [0, 0.05) is 19.1 Å². The van der Waals surface area contributed by atoms with Gasteiger partial charge in [-0.3, -0.25) is 9.59 Å². The number of carbonyl (C=O) groups excluding carboxylic acids is 2. The fourth-order valence-corrected chi connectivity index (χ4v) is 3.04. The van der Waals surface area contributed by atoms with Crippen LogP contribution in [0.25, 0.3) is 0 Å². The van der Waals surface area contributed by atoms with E-state index in [1.54, 1.807) is 29.2 Å². The van der Waals surface area contributed by atoms with Crippen LogP contribution >= 0.6 is 0 Å². The monoisotopic (exact) mass is 378 g/mol. The van der Waals surface area contributed by atoms with Gasteiger partial charge in [0.2, 0.25) is 5.91 Å². The fourth-order valence-electron chi connectivity index (χ4n) is 3.04. The zero-order valence-corrected chi connectivity index (χ0v) is 14.6. The lowest BCUT2D eigenvalue weighted by molar-refractivity contribution is -0.121. The molecule has 8 heteroatoms. The Morgan fingerprint density at radius 1 is 1.19 bits per heavy atom. The van der Waals surface area contributed by atoms with E-state index in [-0.39, 0.29) is 30.0 Å². The lowest BCUT2D eigenvalue weighted by Crippen LogP contribution is -2.46. The first-order chi connectivity index (χ1) is 13.0. The van der Waals surface area contributed by atoms with Crippen LogP contribution in [0.4, 0.5) is 8.78 Å². The van der Waals surface area contributed by atoms with Crippen LogP contribution in [0.5, 0.6) is 5.75 Å². The highest BCUT2D eigenvalue weighted by Gasteiger charge is 2.25. The van der Waals surface area contributed by atoms with Crippen LogP contribution in [0.1, 0.15) is 29.0 Å². The summed E-state index contributed by atoms with van der Waals surface area (Å²) < 4.78 is 33.7.